The van der Waals surface area contributed by atoms with E-state index in [1.54, 1.807) is 0 Å². The normalized spacial score (nSPS) is 24.7. The summed E-state index contributed by atoms with van der Waals surface area (Å²) in [5.41, 5.74) is 3.58. The molecule has 3 aliphatic heterocycles. The Hall–Kier alpha value is -4.18. The van der Waals surface area contributed by atoms with Crippen molar-refractivity contribution in [2.24, 2.45) is 0 Å². The van der Waals surface area contributed by atoms with Crippen molar-refractivity contribution in [1.82, 2.24) is 24.8 Å². The predicted octanol–water partition coefficient (Wildman–Crippen LogP) is 5.72. The molecule has 0 unspecified atom stereocenters. The topological polar surface area (TPSA) is 107 Å². The Labute approximate surface area is 268 Å². The van der Waals surface area contributed by atoms with Crippen molar-refractivity contribution in [2.75, 3.05) is 38.5 Å². The SMILES string of the molecule is C=CC(=O)N1C[C@@H](F)[C@@H](Oc2nc(OC[C@@]34CCCN3C[C@H](F)C4)nc3cc(-c4ccc(F)c5sc(N)nc45)c(C(F)(F)F)cc23)C1. The predicted molar refractivity (Wildman–Crippen MR) is 162 cm³/mol. The Kier molecular flexibility index (Phi) is 7.69. The van der Waals surface area contributed by atoms with Gasteiger partial charge in [0.05, 0.1) is 45.3 Å². The third-order valence-electron chi connectivity index (χ3n) is 9.07. The molecule has 0 radical (unpaired) electrons. The minimum absolute atomic E-state index is 0.0131. The molecular formula is C31H28F6N6O3S. The number of alkyl halides is 5. The molecule has 4 atom stereocenters. The molecule has 0 bridgehead atoms. The molecule has 2 aromatic heterocycles. The molecule has 3 fully saturated rings. The van der Waals surface area contributed by atoms with Gasteiger partial charge in [-0.3, -0.25) is 9.69 Å². The number of aromatic nitrogens is 3. The van der Waals surface area contributed by atoms with Gasteiger partial charge in [-0.25, -0.2) is 18.2 Å². The summed E-state index contributed by atoms with van der Waals surface area (Å²) in [5.74, 6) is -1.61. The number of halogens is 6. The van der Waals surface area contributed by atoms with Crippen molar-refractivity contribution < 1.29 is 40.6 Å². The van der Waals surface area contributed by atoms with Gasteiger partial charge in [0.25, 0.3) is 0 Å². The average molecular weight is 679 g/mol. The van der Waals surface area contributed by atoms with E-state index in [4.69, 9.17) is 15.2 Å². The van der Waals surface area contributed by atoms with Gasteiger partial charge >= 0.3 is 12.2 Å². The third kappa shape index (κ3) is 5.60. The number of fused-ring (bicyclic) bond motifs is 3. The summed E-state index contributed by atoms with van der Waals surface area (Å²) in [4.78, 5) is 28.1. The monoisotopic (exact) mass is 678 g/mol. The van der Waals surface area contributed by atoms with E-state index >= 15 is 4.39 Å². The maximum atomic E-state index is 15.1. The lowest BCUT2D eigenvalue weighted by Crippen LogP contribution is -2.43. The Morgan fingerprint density at radius 3 is 2.72 bits per heavy atom. The molecule has 248 valence electrons. The Morgan fingerprint density at radius 2 is 1.96 bits per heavy atom. The first kappa shape index (κ1) is 31.4. The van der Waals surface area contributed by atoms with Crippen molar-refractivity contribution in [3.8, 4) is 23.0 Å². The average Bonchev–Trinajstić information content (AvgIpc) is 3.77. The standard InChI is InChI=1S/C31H28F6N6O3S/c1-2-24(44)42-12-21(34)23(13-42)46-27-18-8-19(31(35,36)37)17(16-4-5-20(33)26-25(16)40-28(38)47-26)9-22(18)39-29(41-27)45-14-30-6-3-7-43(30)11-15(32)10-30/h2,4-5,8-9,15,21,23H,1,3,6-7,10-14H2,(H2,38,40)/t15-,21-,23+,30+/m1/s1. The van der Waals surface area contributed by atoms with E-state index in [0.29, 0.717) is 13.0 Å². The largest absolute Gasteiger partial charge is 0.469 e. The number of nitrogens with two attached hydrogens (primary N) is 1. The second-order valence-corrected chi connectivity index (χ2v) is 13.1. The molecule has 4 aromatic rings. The van der Waals surface area contributed by atoms with Gasteiger partial charge in [-0.05, 0) is 55.3 Å². The summed E-state index contributed by atoms with van der Waals surface area (Å²) in [6, 6.07) is 3.88. The molecule has 3 saturated heterocycles. The lowest BCUT2D eigenvalue weighted by Gasteiger charge is -2.30. The first-order chi connectivity index (χ1) is 22.3. The number of benzene rings is 2. The number of anilines is 1. The Morgan fingerprint density at radius 1 is 1.15 bits per heavy atom. The molecule has 9 nitrogen and oxygen atoms in total. The van der Waals surface area contributed by atoms with Crippen molar-refractivity contribution in [3.63, 3.8) is 0 Å². The second kappa shape index (κ2) is 11.5. The van der Waals surface area contributed by atoms with Gasteiger partial charge in [-0.15, -0.1) is 0 Å². The van der Waals surface area contributed by atoms with E-state index in [2.05, 4.69) is 21.5 Å². The highest BCUT2D eigenvalue weighted by molar-refractivity contribution is 7.22. The van der Waals surface area contributed by atoms with Crippen LogP contribution in [-0.4, -0.2) is 87.4 Å². The van der Waals surface area contributed by atoms with Crippen LogP contribution in [-0.2, 0) is 11.0 Å². The molecule has 0 saturated carbocycles. The van der Waals surface area contributed by atoms with Crippen LogP contribution in [0.25, 0.3) is 32.2 Å². The first-order valence-electron chi connectivity index (χ1n) is 14.9. The van der Waals surface area contributed by atoms with Crippen LogP contribution in [0.5, 0.6) is 11.9 Å². The summed E-state index contributed by atoms with van der Waals surface area (Å²) < 4.78 is 100. The highest BCUT2D eigenvalue weighted by atomic mass is 32.1. The molecule has 7 rings (SSSR count). The molecule has 5 heterocycles. The van der Waals surface area contributed by atoms with Gasteiger partial charge in [0.2, 0.25) is 11.8 Å². The second-order valence-electron chi connectivity index (χ2n) is 12.0. The van der Waals surface area contributed by atoms with Gasteiger partial charge in [0.1, 0.15) is 18.6 Å². The summed E-state index contributed by atoms with van der Waals surface area (Å²) in [5, 5.41) is -0.228. The number of hydrogen-bond donors (Lipinski definition) is 1. The molecule has 16 heteroatoms. The van der Waals surface area contributed by atoms with Crippen LogP contribution in [0.2, 0.25) is 0 Å². The molecule has 0 spiro atoms. The molecule has 47 heavy (non-hydrogen) atoms. The van der Waals surface area contributed by atoms with Gasteiger partial charge in [-0.1, -0.05) is 17.9 Å². The number of hydrogen-bond acceptors (Lipinski definition) is 9. The van der Waals surface area contributed by atoms with E-state index in [0.717, 1.165) is 42.0 Å². The Balaban J connectivity index is 1.36. The summed E-state index contributed by atoms with van der Waals surface area (Å²) in [6.45, 7) is 3.88. The number of nitrogens with zero attached hydrogens (tertiary/aromatic N) is 5. The molecule has 2 aromatic carbocycles. The van der Waals surface area contributed by atoms with E-state index in [1.165, 1.54) is 11.0 Å². The Bertz CT molecular complexity index is 1910. The van der Waals surface area contributed by atoms with Crippen molar-refractivity contribution in [3.05, 3.63) is 48.3 Å². The number of rotatable bonds is 7. The van der Waals surface area contributed by atoms with Gasteiger partial charge < -0.3 is 20.1 Å². The van der Waals surface area contributed by atoms with Crippen LogP contribution in [0.4, 0.5) is 31.5 Å². The minimum atomic E-state index is -4.92. The number of carbonyl (C=O) groups excluding carboxylic acids is 1. The number of nitrogen functional groups attached to an aromatic ring is 1. The fourth-order valence-electron chi connectivity index (χ4n) is 6.89. The first-order valence-corrected chi connectivity index (χ1v) is 15.7. The summed E-state index contributed by atoms with van der Waals surface area (Å²) in [7, 11) is 0. The summed E-state index contributed by atoms with van der Waals surface area (Å²) in [6.07, 6.45) is -6.09. The minimum Gasteiger partial charge on any atom is -0.469 e. The third-order valence-corrected chi connectivity index (χ3v) is 9.96. The number of likely N-dealkylation sites (tertiary alicyclic amines) is 1. The highest BCUT2D eigenvalue weighted by Crippen LogP contribution is 2.45. The van der Waals surface area contributed by atoms with E-state index in [1.807, 2.05) is 4.90 Å². The van der Waals surface area contributed by atoms with Crippen LogP contribution in [0, 0.1) is 5.82 Å². The number of ether oxygens (including phenoxy) is 2. The van der Waals surface area contributed by atoms with Crippen LogP contribution < -0.4 is 15.2 Å². The van der Waals surface area contributed by atoms with Crippen LogP contribution in [0.1, 0.15) is 24.8 Å². The van der Waals surface area contributed by atoms with Gasteiger partial charge in [0.15, 0.2) is 17.4 Å². The molecule has 3 aliphatic rings. The van der Waals surface area contributed by atoms with Crippen LogP contribution >= 0.6 is 11.3 Å². The van der Waals surface area contributed by atoms with E-state index < -0.39 is 47.5 Å². The van der Waals surface area contributed by atoms with E-state index in [9.17, 15) is 26.7 Å². The van der Waals surface area contributed by atoms with Gasteiger partial charge in [-0.2, -0.15) is 23.1 Å². The number of carbonyl (C=O) groups is 1. The number of thiazole rings is 1. The maximum absolute atomic E-state index is 15.1. The van der Waals surface area contributed by atoms with Crippen molar-refractivity contribution in [1.29, 1.82) is 0 Å². The van der Waals surface area contributed by atoms with Crippen LogP contribution in [0.15, 0.2) is 36.9 Å². The maximum Gasteiger partial charge on any atom is 0.417 e. The fraction of sp³-hybridized carbons (Fsp3) is 0.419. The lowest BCUT2D eigenvalue weighted by molar-refractivity contribution is -0.137. The smallest absolute Gasteiger partial charge is 0.417 e. The fourth-order valence-corrected chi connectivity index (χ4v) is 7.66. The molecule has 2 N–H and O–H groups in total. The zero-order chi connectivity index (χ0) is 33.2. The molecule has 1 amide bonds. The lowest BCUT2D eigenvalue weighted by atomic mass is 9.95. The van der Waals surface area contributed by atoms with Crippen molar-refractivity contribution in [2.45, 2.75) is 49.4 Å². The van der Waals surface area contributed by atoms with Crippen LogP contribution in [0.3, 0.4) is 0 Å². The van der Waals surface area contributed by atoms with E-state index in [-0.39, 0.29) is 81.9 Å². The zero-order valence-corrected chi connectivity index (χ0v) is 25.5. The summed E-state index contributed by atoms with van der Waals surface area (Å²) >= 11 is 0.801. The van der Waals surface area contributed by atoms with Crippen molar-refractivity contribution >= 4 is 43.5 Å². The quantitative estimate of drug-likeness (QED) is 0.196. The molecule has 0 aliphatic carbocycles. The zero-order valence-electron chi connectivity index (χ0n) is 24.7. The molecular weight excluding hydrogens is 650 g/mol. The number of amides is 1. The van der Waals surface area contributed by atoms with Gasteiger partial charge in [0, 0.05) is 18.5 Å². The highest BCUT2D eigenvalue weighted by Gasteiger charge is 2.49.